The number of carbonyl (C=O) groups is 1. The van der Waals surface area contributed by atoms with Gasteiger partial charge in [0.05, 0.1) is 15.6 Å². The van der Waals surface area contributed by atoms with Crippen LogP contribution in [-0.4, -0.2) is 20.6 Å². The van der Waals surface area contributed by atoms with Gasteiger partial charge in [0.1, 0.15) is 0 Å². The standard InChI is InChI=1S/C9H7BrN2O5/c10-7-4-6(12(16)17)5-11(9(7)15)3-1-2-8(13)14/h1-2,4-5H,3H2,(H,13,14)/b2-1+. The average Bonchev–Trinajstić information content (AvgIpc) is 2.23. The Bertz CT molecular complexity index is 549. The average molecular weight is 303 g/mol. The van der Waals surface area contributed by atoms with E-state index in [0.29, 0.717) is 0 Å². The molecular formula is C9H7BrN2O5. The minimum Gasteiger partial charge on any atom is -0.478 e. The zero-order valence-electron chi connectivity index (χ0n) is 8.37. The number of halogens is 1. The number of aliphatic carboxylic acids is 1. The van der Waals surface area contributed by atoms with Gasteiger partial charge >= 0.3 is 5.97 Å². The fourth-order valence-corrected chi connectivity index (χ4v) is 1.55. The van der Waals surface area contributed by atoms with Crippen molar-refractivity contribution in [2.75, 3.05) is 0 Å². The largest absolute Gasteiger partial charge is 0.478 e. The van der Waals surface area contributed by atoms with Gasteiger partial charge < -0.3 is 9.67 Å². The van der Waals surface area contributed by atoms with Crippen molar-refractivity contribution >= 4 is 27.6 Å². The molecule has 0 unspecified atom stereocenters. The third-order valence-corrected chi connectivity index (χ3v) is 2.37. The van der Waals surface area contributed by atoms with E-state index in [0.717, 1.165) is 22.9 Å². The molecule has 1 heterocycles. The monoisotopic (exact) mass is 302 g/mol. The maximum Gasteiger partial charge on any atom is 0.328 e. The molecule has 7 nitrogen and oxygen atoms in total. The molecule has 1 aromatic heterocycles. The Balaban J connectivity index is 3.10. The number of nitro groups is 1. The van der Waals surface area contributed by atoms with Gasteiger partial charge in [0.15, 0.2) is 0 Å². The number of rotatable bonds is 4. The van der Waals surface area contributed by atoms with Crippen LogP contribution in [0.1, 0.15) is 0 Å². The Labute approximate surface area is 103 Å². The lowest BCUT2D eigenvalue weighted by Gasteiger charge is -2.02. The first-order valence-corrected chi connectivity index (χ1v) is 5.15. The second kappa shape index (κ2) is 5.39. The van der Waals surface area contributed by atoms with Crippen LogP contribution in [0.15, 0.2) is 33.7 Å². The molecule has 90 valence electrons. The van der Waals surface area contributed by atoms with Crippen LogP contribution in [0, 0.1) is 10.1 Å². The third kappa shape index (κ3) is 3.52. The third-order valence-electron chi connectivity index (χ3n) is 1.80. The Morgan fingerprint density at radius 3 is 2.82 bits per heavy atom. The molecule has 1 rings (SSSR count). The summed E-state index contributed by atoms with van der Waals surface area (Å²) in [5.74, 6) is -1.15. The van der Waals surface area contributed by atoms with Crippen molar-refractivity contribution in [2.24, 2.45) is 0 Å². The van der Waals surface area contributed by atoms with Crippen LogP contribution in [0.5, 0.6) is 0 Å². The van der Waals surface area contributed by atoms with Crippen LogP contribution in [0.2, 0.25) is 0 Å². The SMILES string of the molecule is O=C(O)/C=C/Cn1cc([N+](=O)[O-])cc(Br)c1=O. The van der Waals surface area contributed by atoms with Crippen LogP contribution < -0.4 is 5.56 Å². The lowest BCUT2D eigenvalue weighted by molar-refractivity contribution is -0.385. The number of hydrogen-bond donors (Lipinski definition) is 1. The molecular weight excluding hydrogens is 296 g/mol. The molecule has 0 saturated heterocycles. The summed E-state index contributed by atoms with van der Waals surface area (Å²) < 4.78 is 1.09. The predicted octanol–water partition coefficient (Wildman–Crippen LogP) is 1.16. The molecule has 0 fully saturated rings. The first-order valence-electron chi connectivity index (χ1n) is 4.35. The molecule has 0 spiro atoms. The van der Waals surface area contributed by atoms with E-state index in [1.165, 1.54) is 6.08 Å². The van der Waals surface area contributed by atoms with Gasteiger partial charge in [0.25, 0.3) is 11.2 Å². The van der Waals surface area contributed by atoms with Crippen molar-refractivity contribution in [2.45, 2.75) is 6.54 Å². The molecule has 0 bridgehead atoms. The Hall–Kier alpha value is -1.96. The van der Waals surface area contributed by atoms with E-state index in [1.54, 1.807) is 0 Å². The molecule has 17 heavy (non-hydrogen) atoms. The van der Waals surface area contributed by atoms with Gasteiger partial charge in [-0.1, -0.05) is 6.08 Å². The maximum atomic E-state index is 11.5. The van der Waals surface area contributed by atoms with Crippen molar-refractivity contribution in [3.63, 3.8) is 0 Å². The van der Waals surface area contributed by atoms with Gasteiger partial charge in [-0.2, -0.15) is 0 Å². The normalized spacial score (nSPS) is 10.6. The highest BCUT2D eigenvalue weighted by molar-refractivity contribution is 9.10. The van der Waals surface area contributed by atoms with Gasteiger partial charge in [-0.05, 0) is 15.9 Å². The zero-order valence-corrected chi connectivity index (χ0v) is 9.96. The van der Waals surface area contributed by atoms with E-state index >= 15 is 0 Å². The topological polar surface area (TPSA) is 102 Å². The van der Waals surface area contributed by atoms with Crippen LogP contribution in [0.25, 0.3) is 0 Å². The van der Waals surface area contributed by atoms with Crippen LogP contribution in [0.3, 0.4) is 0 Å². The summed E-state index contributed by atoms with van der Waals surface area (Å²) in [6.07, 6.45) is 3.14. The number of hydrogen-bond acceptors (Lipinski definition) is 4. The molecule has 0 saturated carbocycles. The number of allylic oxidation sites excluding steroid dienone is 1. The molecule has 0 amide bonds. The van der Waals surface area contributed by atoms with Crippen molar-refractivity contribution in [1.29, 1.82) is 0 Å². The summed E-state index contributed by atoms with van der Waals surface area (Å²) in [5.41, 5.74) is -0.717. The zero-order chi connectivity index (χ0) is 13.0. The van der Waals surface area contributed by atoms with E-state index in [2.05, 4.69) is 15.9 Å². The number of nitrogens with zero attached hydrogens (tertiary/aromatic N) is 2. The highest BCUT2D eigenvalue weighted by Crippen LogP contribution is 2.13. The molecule has 0 aliphatic heterocycles. The molecule has 0 atom stereocenters. The van der Waals surface area contributed by atoms with Crippen LogP contribution in [-0.2, 0) is 11.3 Å². The number of carboxylic acid groups (broad SMARTS) is 1. The summed E-state index contributed by atoms with van der Waals surface area (Å²) in [6.45, 7) is -0.0502. The molecule has 0 aliphatic rings. The van der Waals surface area contributed by atoms with E-state index in [-0.39, 0.29) is 16.7 Å². The summed E-state index contributed by atoms with van der Waals surface area (Å²) in [4.78, 5) is 31.7. The van der Waals surface area contributed by atoms with Crippen molar-refractivity contribution in [3.8, 4) is 0 Å². The predicted molar refractivity (Wildman–Crippen MR) is 61.8 cm³/mol. The van der Waals surface area contributed by atoms with Gasteiger partial charge in [-0.15, -0.1) is 0 Å². The minimum absolute atomic E-state index is 0.0502. The summed E-state index contributed by atoms with van der Waals surface area (Å²) in [7, 11) is 0. The van der Waals surface area contributed by atoms with Gasteiger partial charge in [0, 0.05) is 18.7 Å². The van der Waals surface area contributed by atoms with E-state index in [4.69, 9.17) is 5.11 Å². The van der Waals surface area contributed by atoms with Gasteiger partial charge in [-0.3, -0.25) is 14.9 Å². The lowest BCUT2D eigenvalue weighted by atomic mass is 10.4. The van der Waals surface area contributed by atoms with Crippen molar-refractivity contribution < 1.29 is 14.8 Å². The highest BCUT2D eigenvalue weighted by atomic mass is 79.9. The summed E-state index contributed by atoms with van der Waals surface area (Å²) in [6, 6.07) is 1.10. The number of pyridine rings is 1. The highest BCUT2D eigenvalue weighted by Gasteiger charge is 2.11. The summed E-state index contributed by atoms with van der Waals surface area (Å²) in [5, 5.41) is 18.9. The fourth-order valence-electron chi connectivity index (χ4n) is 1.09. The van der Waals surface area contributed by atoms with E-state index in [9.17, 15) is 19.7 Å². The maximum absolute atomic E-state index is 11.5. The quantitative estimate of drug-likeness (QED) is 0.511. The minimum atomic E-state index is -1.15. The van der Waals surface area contributed by atoms with E-state index < -0.39 is 16.5 Å². The fraction of sp³-hybridized carbons (Fsp3) is 0.111. The number of aromatic nitrogens is 1. The van der Waals surface area contributed by atoms with Gasteiger partial charge in [-0.25, -0.2) is 4.79 Å². The summed E-state index contributed by atoms with van der Waals surface area (Å²) >= 11 is 2.91. The Morgan fingerprint density at radius 2 is 2.29 bits per heavy atom. The first-order chi connectivity index (χ1) is 7.91. The molecule has 1 aromatic rings. The van der Waals surface area contributed by atoms with Crippen molar-refractivity contribution in [1.82, 2.24) is 4.57 Å². The molecule has 0 aromatic carbocycles. The Kier molecular flexibility index (Phi) is 4.16. The van der Waals surface area contributed by atoms with Crippen LogP contribution >= 0.6 is 15.9 Å². The number of carboxylic acids is 1. The lowest BCUT2D eigenvalue weighted by Crippen LogP contribution is -2.20. The van der Waals surface area contributed by atoms with E-state index in [1.807, 2.05) is 0 Å². The first kappa shape index (κ1) is 13.1. The molecule has 1 N–H and O–H groups in total. The van der Waals surface area contributed by atoms with Crippen LogP contribution in [0.4, 0.5) is 5.69 Å². The van der Waals surface area contributed by atoms with Gasteiger partial charge in [0.2, 0.25) is 0 Å². The second-order valence-corrected chi connectivity index (χ2v) is 3.86. The molecule has 8 heteroatoms. The second-order valence-electron chi connectivity index (χ2n) is 3.00. The Morgan fingerprint density at radius 1 is 1.65 bits per heavy atom. The smallest absolute Gasteiger partial charge is 0.328 e. The molecule has 0 radical (unpaired) electrons. The van der Waals surface area contributed by atoms with Crippen molar-refractivity contribution in [3.05, 3.63) is 49.4 Å². The molecule has 0 aliphatic carbocycles.